The van der Waals surface area contributed by atoms with E-state index in [2.05, 4.69) is 5.16 Å². The number of hydrogen-bond acceptors (Lipinski definition) is 6. The van der Waals surface area contributed by atoms with Gasteiger partial charge in [0.05, 0.1) is 0 Å². The Bertz CT molecular complexity index is 948. The molecule has 1 aliphatic heterocycles. The summed E-state index contributed by atoms with van der Waals surface area (Å²) in [7, 11) is -3.71. The van der Waals surface area contributed by atoms with Gasteiger partial charge in [-0.05, 0) is 44.9 Å². The predicted octanol–water partition coefficient (Wildman–Crippen LogP) is 1.72. The van der Waals surface area contributed by atoms with Gasteiger partial charge in [-0.1, -0.05) is 11.2 Å². The number of carbonyl (C=O) groups excluding carboxylic acids is 1. The Morgan fingerprint density at radius 3 is 2.56 bits per heavy atom. The second-order valence-corrected chi connectivity index (χ2v) is 8.65. The maximum absolute atomic E-state index is 13.0. The van der Waals surface area contributed by atoms with Crippen molar-refractivity contribution in [3.05, 3.63) is 40.8 Å². The molecule has 1 fully saturated rings. The van der Waals surface area contributed by atoms with Gasteiger partial charge < -0.3 is 15.2 Å². The molecule has 0 radical (unpaired) electrons. The molecule has 146 valence electrons. The summed E-state index contributed by atoms with van der Waals surface area (Å²) in [6, 6.07) is 5.24. The van der Waals surface area contributed by atoms with Gasteiger partial charge >= 0.3 is 0 Å². The molecule has 1 saturated heterocycles. The number of rotatable bonds is 3. The van der Waals surface area contributed by atoms with Gasteiger partial charge in [0.15, 0.2) is 5.76 Å². The lowest BCUT2D eigenvalue weighted by atomic mass is 10.1. The highest BCUT2D eigenvalue weighted by atomic mass is 32.2. The molecule has 8 nitrogen and oxygen atoms in total. The average Bonchev–Trinajstić information content (AvgIpc) is 2.83. The maximum atomic E-state index is 13.0. The lowest BCUT2D eigenvalue weighted by Crippen LogP contribution is -2.37. The molecule has 1 aromatic carbocycles. The van der Waals surface area contributed by atoms with E-state index < -0.39 is 10.0 Å². The summed E-state index contributed by atoms with van der Waals surface area (Å²) in [4.78, 5) is 14.7. The summed E-state index contributed by atoms with van der Waals surface area (Å²) >= 11 is 0. The van der Waals surface area contributed by atoms with Crippen molar-refractivity contribution in [1.29, 1.82) is 0 Å². The smallest absolute Gasteiger partial charge is 0.254 e. The molecule has 0 atom stereocenters. The van der Waals surface area contributed by atoms with Gasteiger partial charge in [-0.15, -0.1) is 0 Å². The van der Waals surface area contributed by atoms with E-state index in [4.69, 9.17) is 10.3 Å². The number of anilines is 1. The van der Waals surface area contributed by atoms with Gasteiger partial charge in [-0.2, -0.15) is 4.31 Å². The van der Waals surface area contributed by atoms with Crippen molar-refractivity contribution in [2.24, 2.45) is 0 Å². The summed E-state index contributed by atoms with van der Waals surface area (Å²) in [5.74, 6) is 0.149. The van der Waals surface area contributed by atoms with E-state index in [9.17, 15) is 13.2 Å². The molecule has 9 heteroatoms. The number of nitrogens with two attached hydrogens (primary N) is 1. The molecule has 1 aliphatic rings. The molecule has 2 aromatic rings. The third-order valence-electron chi connectivity index (χ3n) is 4.80. The van der Waals surface area contributed by atoms with Crippen molar-refractivity contribution in [3.8, 4) is 0 Å². The van der Waals surface area contributed by atoms with Gasteiger partial charge in [-0.25, -0.2) is 8.42 Å². The molecule has 2 N–H and O–H groups in total. The van der Waals surface area contributed by atoms with Crippen molar-refractivity contribution in [3.63, 3.8) is 0 Å². The van der Waals surface area contributed by atoms with Gasteiger partial charge in [0, 0.05) is 37.4 Å². The van der Waals surface area contributed by atoms with Crippen LogP contribution in [0, 0.1) is 20.8 Å². The fraction of sp³-hybridized carbons (Fsp3) is 0.444. The first-order chi connectivity index (χ1) is 12.7. The summed E-state index contributed by atoms with van der Waals surface area (Å²) in [6.07, 6.45) is 0.551. The first-order valence-electron chi connectivity index (χ1n) is 8.80. The summed E-state index contributed by atoms with van der Waals surface area (Å²) in [5, 5.41) is 3.74. The van der Waals surface area contributed by atoms with Crippen LogP contribution in [0.2, 0.25) is 0 Å². The third kappa shape index (κ3) is 3.70. The molecule has 3 rings (SSSR count). The quantitative estimate of drug-likeness (QED) is 0.797. The van der Waals surface area contributed by atoms with Crippen LogP contribution in [0.25, 0.3) is 0 Å². The predicted molar refractivity (Wildman–Crippen MR) is 101 cm³/mol. The zero-order valence-corrected chi connectivity index (χ0v) is 16.5. The van der Waals surface area contributed by atoms with Crippen molar-refractivity contribution >= 4 is 21.6 Å². The number of carbonyl (C=O) groups is 1. The summed E-state index contributed by atoms with van der Waals surface area (Å²) in [6.45, 7) is 6.42. The molecule has 1 amide bonds. The van der Waals surface area contributed by atoms with E-state index in [1.54, 1.807) is 30.9 Å². The Balaban J connectivity index is 1.80. The van der Waals surface area contributed by atoms with E-state index in [0.29, 0.717) is 43.0 Å². The Hall–Kier alpha value is -2.39. The first kappa shape index (κ1) is 19.4. The fourth-order valence-electron chi connectivity index (χ4n) is 3.35. The number of nitrogens with zero attached hydrogens (tertiary/aromatic N) is 3. The minimum absolute atomic E-state index is 0.119. The Labute approximate surface area is 159 Å². The van der Waals surface area contributed by atoms with Crippen molar-refractivity contribution in [2.75, 3.05) is 31.9 Å². The monoisotopic (exact) mass is 392 g/mol. The minimum atomic E-state index is -3.71. The van der Waals surface area contributed by atoms with Crippen LogP contribution in [0.3, 0.4) is 0 Å². The minimum Gasteiger partial charge on any atom is -0.399 e. The maximum Gasteiger partial charge on any atom is 0.254 e. The molecule has 27 heavy (non-hydrogen) atoms. The molecule has 0 bridgehead atoms. The van der Waals surface area contributed by atoms with E-state index in [1.165, 1.54) is 4.31 Å². The first-order valence-corrected chi connectivity index (χ1v) is 10.2. The van der Waals surface area contributed by atoms with Crippen LogP contribution in [-0.2, 0) is 10.0 Å². The SMILES string of the molecule is Cc1ccc(N)cc1C(=O)N1CCCN(S(=O)(=O)c2c(C)noc2C)CC1. The van der Waals surface area contributed by atoms with Crippen LogP contribution in [0.5, 0.6) is 0 Å². The number of hydrogen-bond donors (Lipinski definition) is 1. The molecule has 2 heterocycles. The molecule has 0 saturated carbocycles. The number of sulfonamides is 1. The van der Waals surface area contributed by atoms with Gasteiger partial charge in [0.1, 0.15) is 10.6 Å². The highest BCUT2D eigenvalue weighted by molar-refractivity contribution is 7.89. The van der Waals surface area contributed by atoms with E-state index in [1.807, 2.05) is 13.0 Å². The van der Waals surface area contributed by atoms with Gasteiger partial charge in [0.2, 0.25) is 10.0 Å². The van der Waals surface area contributed by atoms with Crippen LogP contribution in [0.4, 0.5) is 5.69 Å². The molecular formula is C18H24N4O4S. The van der Waals surface area contributed by atoms with Crippen LogP contribution in [0.15, 0.2) is 27.6 Å². The summed E-state index contributed by atoms with van der Waals surface area (Å²) in [5.41, 5.74) is 8.09. The molecular weight excluding hydrogens is 368 g/mol. The highest BCUT2D eigenvalue weighted by Gasteiger charge is 2.33. The van der Waals surface area contributed by atoms with Crippen LogP contribution in [-0.4, -0.2) is 54.9 Å². The lowest BCUT2D eigenvalue weighted by molar-refractivity contribution is 0.0763. The largest absolute Gasteiger partial charge is 0.399 e. The number of aromatic nitrogens is 1. The van der Waals surface area contributed by atoms with Gasteiger partial charge in [0.25, 0.3) is 5.91 Å². The Kier molecular flexibility index (Phi) is 5.25. The van der Waals surface area contributed by atoms with Crippen LogP contribution >= 0.6 is 0 Å². The zero-order valence-electron chi connectivity index (χ0n) is 15.7. The molecule has 0 aliphatic carbocycles. The molecule has 0 unspecified atom stereocenters. The molecule has 0 spiro atoms. The Morgan fingerprint density at radius 2 is 1.89 bits per heavy atom. The van der Waals surface area contributed by atoms with Gasteiger partial charge in [-0.3, -0.25) is 4.79 Å². The second kappa shape index (κ2) is 7.32. The van der Waals surface area contributed by atoms with E-state index >= 15 is 0 Å². The van der Waals surface area contributed by atoms with Crippen molar-refractivity contribution in [2.45, 2.75) is 32.1 Å². The molecule has 1 aromatic heterocycles. The average molecular weight is 392 g/mol. The third-order valence-corrected chi connectivity index (χ3v) is 6.94. The van der Waals surface area contributed by atoms with Crippen molar-refractivity contribution < 1.29 is 17.7 Å². The lowest BCUT2D eigenvalue weighted by Gasteiger charge is -2.22. The summed E-state index contributed by atoms with van der Waals surface area (Å²) < 4.78 is 32.4. The zero-order chi connectivity index (χ0) is 19.8. The van der Waals surface area contributed by atoms with E-state index in [0.717, 1.165) is 5.56 Å². The van der Waals surface area contributed by atoms with Crippen molar-refractivity contribution in [1.82, 2.24) is 14.4 Å². The highest BCUT2D eigenvalue weighted by Crippen LogP contribution is 2.25. The fourth-order valence-corrected chi connectivity index (χ4v) is 5.11. The normalized spacial score (nSPS) is 16.3. The van der Waals surface area contributed by atoms with E-state index in [-0.39, 0.29) is 23.1 Å². The number of amides is 1. The standard InChI is InChI=1S/C18H24N4O4S/c1-12-5-6-15(19)11-16(12)18(23)21-7-4-8-22(10-9-21)27(24,25)17-13(2)20-26-14(17)3/h5-6,11H,4,7-10,19H2,1-3H3. The second-order valence-electron chi connectivity index (χ2n) is 6.78. The van der Waals surface area contributed by atoms with Crippen LogP contribution < -0.4 is 5.73 Å². The number of benzene rings is 1. The number of aryl methyl sites for hydroxylation is 3. The van der Waals surface area contributed by atoms with Crippen LogP contribution in [0.1, 0.15) is 33.8 Å². The number of nitrogen functional groups attached to an aromatic ring is 1. The Morgan fingerprint density at radius 1 is 1.15 bits per heavy atom. The topological polar surface area (TPSA) is 110 Å².